The van der Waals surface area contributed by atoms with Gasteiger partial charge in [-0.3, -0.25) is 0 Å². The van der Waals surface area contributed by atoms with E-state index in [1.165, 1.54) is 9.75 Å². The number of halogens is 2. The van der Waals surface area contributed by atoms with Crippen molar-refractivity contribution in [2.75, 3.05) is 0 Å². The van der Waals surface area contributed by atoms with E-state index in [1.807, 2.05) is 6.20 Å². The van der Waals surface area contributed by atoms with Crippen LogP contribution in [0.15, 0.2) is 16.7 Å². The molecule has 0 aliphatic rings. The average Bonchev–Trinajstić information content (AvgIpc) is 2.87. The molecular weight excluding hydrogens is 340 g/mol. The fraction of sp³-hybridized carbons (Fsp3) is 0.364. The fourth-order valence-corrected chi connectivity index (χ4v) is 3.96. The molecular formula is C11H12BrClN2S2. The van der Waals surface area contributed by atoms with Crippen LogP contribution in [0.25, 0.3) is 0 Å². The van der Waals surface area contributed by atoms with E-state index in [1.54, 1.807) is 22.7 Å². The molecule has 0 saturated heterocycles. The molecule has 0 aromatic carbocycles. The molecule has 17 heavy (non-hydrogen) atoms. The SMILES string of the molecule is CCc1cnc(CNCc2cc(Br)c(Cl)s2)s1. The topological polar surface area (TPSA) is 24.9 Å². The first-order valence-corrected chi connectivity index (χ1v) is 8.07. The van der Waals surface area contributed by atoms with Crippen LogP contribution in [-0.2, 0) is 19.5 Å². The maximum absolute atomic E-state index is 5.98. The van der Waals surface area contributed by atoms with Crippen molar-refractivity contribution in [2.24, 2.45) is 0 Å². The lowest BCUT2D eigenvalue weighted by Crippen LogP contribution is -2.11. The highest BCUT2D eigenvalue weighted by Gasteiger charge is 2.05. The molecule has 0 atom stereocenters. The highest BCUT2D eigenvalue weighted by molar-refractivity contribution is 9.10. The van der Waals surface area contributed by atoms with Crippen LogP contribution in [0, 0.1) is 0 Å². The van der Waals surface area contributed by atoms with E-state index in [2.05, 4.69) is 39.2 Å². The Bertz CT molecular complexity index is 476. The zero-order chi connectivity index (χ0) is 12.3. The number of nitrogens with one attached hydrogen (secondary N) is 1. The number of nitrogens with zero attached hydrogens (tertiary/aromatic N) is 1. The molecule has 0 spiro atoms. The monoisotopic (exact) mass is 350 g/mol. The minimum absolute atomic E-state index is 0.810. The minimum Gasteiger partial charge on any atom is -0.306 e. The Morgan fingerprint density at radius 2 is 2.18 bits per heavy atom. The standard InChI is InChI=1S/C11H12BrClN2S2/c1-2-7-5-15-10(16-7)6-14-4-8-3-9(12)11(13)17-8/h3,5,14H,2,4,6H2,1H3. The molecule has 0 bridgehead atoms. The first-order chi connectivity index (χ1) is 8.19. The second kappa shape index (κ2) is 6.29. The summed E-state index contributed by atoms with van der Waals surface area (Å²) in [6.45, 7) is 3.80. The van der Waals surface area contributed by atoms with Crippen molar-refractivity contribution in [3.05, 3.63) is 35.8 Å². The van der Waals surface area contributed by atoms with E-state index in [-0.39, 0.29) is 0 Å². The Kier molecular flexibility index (Phi) is 4.99. The van der Waals surface area contributed by atoms with Crippen molar-refractivity contribution in [1.82, 2.24) is 10.3 Å². The summed E-state index contributed by atoms with van der Waals surface area (Å²) in [6, 6.07) is 2.05. The van der Waals surface area contributed by atoms with Crippen molar-refractivity contribution in [2.45, 2.75) is 26.4 Å². The predicted molar refractivity (Wildman–Crippen MR) is 79.1 cm³/mol. The summed E-state index contributed by atoms with van der Waals surface area (Å²) in [6.07, 6.45) is 3.02. The summed E-state index contributed by atoms with van der Waals surface area (Å²) in [7, 11) is 0. The highest BCUT2D eigenvalue weighted by Crippen LogP contribution is 2.31. The maximum Gasteiger partial charge on any atom is 0.107 e. The van der Waals surface area contributed by atoms with E-state index in [0.717, 1.165) is 33.3 Å². The Balaban J connectivity index is 1.83. The number of hydrogen-bond donors (Lipinski definition) is 1. The Hall–Kier alpha value is 0.0600. The van der Waals surface area contributed by atoms with Crippen molar-refractivity contribution >= 4 is 50.2 Å². The third-order valence-corrected chi connectivity index (χ3v) is 5.84. The van der Waals surface area contributed by atoms with Crippen molar-refractivity contribution in [3.63, 3.8) is 0 Å². The number of thiazole rings is 1. The lowest BCUT2D eigenvalue weighted by molar-refractivity contribution is 0.697. The second-order valence-electron chi connectivity index (χ2n) is 3.51. The molecule has 0 saturated carbocycles. The second-order valence-corrected chi connectivity index (χ2v) is 7.30. The predicted octanol–water partition coefficient (Wildman–Crippen LogP) is 4.47. The first kappa shape index (κ1) is 13.5. The fourth-order valence-electron chi connectivity index (χ4n) is 1.36. The van der Waals surface area contributed by atoms with Crippen molar-refractivity contribution in [1.29, 1.82) is 0 Å². The molecule has 2 rings (SSSR count). The molecule has 0 amide bonds. The van der Waals surface area contributed by atoms with Crippen molar-refractivity contribution < 1.29 is 0 Å². The maximum atomic E-state index is 5.98. The Morgan fingerprint density at radius 1 is 1.35 bits per heavy atom. The molecule has 2 nitrogen and oxygen atoms in total. The normalized spacial score (nSPS) is 11.0. The number of aryl methyl sites for hydroxylation is 1. The van der Waals surface area contributed by atoms with Crippen molar-refractivity contribution in [3.8, 4) is 0 Å². The third-order valence-electron chi connectivity index (χ3n) is 2.22. The van der Waals surface area contributed by atoms with Gasteiger partial charge in [-0.15, -0.1) is 22.7 Å². The molecule has 2 aromatic heterocycles. The van der Waals surface area contributed by atoms with Gasteiger partial charge in [0, 0.05) is 33.5 Å². The summed E-state index contributed by atoms with van der Waals surface area (Å²) in [5.74, 6) is 0. The first-order valence-electron chi connectivity index (χ1n) is 5.27. The quantitative estimate of drug-likeness (QED) is 0.859. The van der Waals surface area contributed by atoms with E-state index < -0.39 is 0 Å². The van der Waals surface area contributed by atoms with Gasteiger partial charge in [-0.05, 0) is 28.4 Å². The number of hydrogen-bond acceptors (Lipinski definition) is 4. The van der Waals surface area contributed by atoms with Crippen LogP contribution >= 0.6 is 50.2 Å². The Morgan fingerprint density at radius 3 is 2.76 bits per heavy atom. The molecule has 2 aromatic rings. The van der Waals surface area contributed by atoms with Gasteiger partial charge in [0.25, 0.3) is 0 Å². The van der Waals surface area contributed by atoms with Gasteiger partial charge >= 0.3 is 0 Å². The van der Waals surface area contributed by atoms with Gasteiger partial charge in [0.1, 0.15) is 9.34 Å². The Labute approximate surface area is 122 Å². The van der Waals surface area contributed by atoms with Crippen LogP contribution in [0.1, 0.15) is 21.7 Å². The van der Waals surface area contributed by atoms with Crippen LogP contribution in [0.5, 0.6) is 0 Å². The smallest absolute Gasteiger partial charge is 0.107 e. The molecule has 1 N–H and O–H groups in total. The average molecular weight is 352 g/mol. The molecule has 2 heterocycles. The number of aromatic nitrogens is 1. The van der Waals surface area contributed by atoms with Gasteiger partial charge in [-0.1, -0.05) is 18.5 Å². The summed E-state index contributed by atoms with van der Waals surface area (Å²) < 4.78 is 1.79. The molecule has 0 radical (unpaired) electrons. The summed E-state index contributed by atoms with van der Waals surface area (Å²) >= 11 is 12.8. The van der Waals surface area contributed by atoms with Crippen LogP contribution < -0.4 is 5.32 Å². The van der Waals surface area contributed by atoms with Gasteiger partial charge in [0.15, 0.2) is 0 Å². The lowest BCUT2D eigenvalue weighted by atomic mass is 10.4. The highest BCUT2D eigenvalue weighted by atomic mass is 79.9. The zero-order valence-corrected chi connectivity index (χ0v) is 13.3. The largest absolute Gasteiger partial charge is 0.306 e. The minimum atomic E-state index is 0.810. The van der Waals surface area contributed by atoms with E-state index in [4.69, 9.17) is 11.6 Å². The van der Waals surface area contributed by atoms with Gasteiger partial charge in [-0.2, -0.15) is 0 Å². The molecule has 0 aliphatic heterocycles. The zero-order valence-electron chi connectivity index (χ0n) is 9.30. The van der Waals surface area contributed by atoms with Gasteiger partial charge in [0.05, 0.1) is 0 Å². The van der Waals surface area contributed by atoms with Crippen LogP contribution in [0.2, 0.25) is 4.34 Å². The van der Waals surface area contributed by atoms with Crippen LogP contribution in [0.3, 0.4) is 0 Å². The van der Waals surface area contributed by atoms with Gasteiger partial charge in [0.2, 0.25) is 0 Å². The number of thiophene rings is 1. The lowest BCUT2D eigenvalue weighted by Gasteiger charge is -1.98. The van der Waals surface area contributed by atoms with Gasteiger partial charge in [-0.25, -0.2) is 4.98 Å². The molecule has 6 heteroatoms. The molecule has 0 fully saturated rings. The summed E-state index contributed by atoms with van der Waals surface area (Å²) in [5.41, 5.74) is 0. The molecule has 0 unspecified atom stereocenters. The summed E-state index contributed by atoms with van der Waals surface area (Å²) in [4.78, 5) is 6.93. The number of rotatable bonds is 5. The van der Waals surface area contributed by atoms with E-state index in [0.29, 0.717) is 0 Å². The molecule has 92 valence electrons. The van der Waals surface area contributed by atoms with Gasteiger partial charge < -0.3 is 5.32 Å². The van der Waals surface area contributed by atoms with E-state index in [9.17, 15) is 0 Å². The van der Waals surface area contributed by atoms with Crippen LogP contribution in [0.4, 0.5) is 0 Å². The summed E-state index contributed by atoms with van der Waals surface area (Å²) in [5, 5.41) is 4.52. The van der Waals surface area contributed by atoms with Crippen LogP contribution in [-0.4, -0.2) is 4.98 Å². The van der Waals surface area contributed by atoms with E-state index >= 15 is 0 Å². The third kappa shape index (κ3) is 3.76. The molecule has 0 aliphatic carbocycles.